The van der Waals surface area contributed by atoms with E-state index in [0.717, 1.165) is 21.9 Å². The van der Waals surface area contributed by atoms with Crippen molar-refractivity contribution in [3.63, 3.8) is 0 Å². The normalized spacial score (nSPS) is 11.9. The van der Waals surface area contributed by atoms with Gasteiger partial charge in [-0.1, -0.05) is 0 Å². The molecule has 0 unspecified atom stereocenters. The summed E-state index contributed by atoms with van der Waals surface area (Å²) < 4.78 is 45.0. The average molecular weight is 584 g/mol. The molecule has 9 nitrogen and oxygen atoms in total. The SMILES string of the molecule is Cc1nn(CCC(=O)Nc2c(C(N)=O)sc3nc(C(F)(F)F)cc(-c4cnn(C)c4C)c23)c(C)c1Br. The number of aryl methyl sites for hydroxylation is 3. The maximum Gasteiger partial charge on any atom is 0.433 e. The van der Waals surface area contributed by atoms with Crippen LogP contribution in [0.1, 0.15) is 38.9 Å². The van der Waals surface area contributed by atoms with Gasteiger partial charge in [0.25, 0.3) is 5.91 Å². The number of nitrogens with zero attached hydrogens (tertiary/aromatic N) is 5. The predicted molar refractivity (Wildman–Crippen MR) is 133 cm³/mol. The van der Waals surface area contributed by atoms with Crippen molar-refractivity contribution in [2.75, 3.05) is 5.32 Å². The van der Waals surface area contributed by atoms with E-state index in [1.54, 1.807) is 18.7 Å². The summed E-state index contributed by atoms with van der Waals surface area (Å²) >= 11 is 4.13. The molecule has 0 saturated heterocycles. The molecule has 0 bridgehead atoms. The molecule has 4 rings (SSSR count). The number of anilines is 1. The number of hydrogen-bond donors (Lipinski definition) is 2. The van der Waals surface area contributed by atoms with Gasteiger partial charge in [0.1, 0.15) is 15.4 Å². The van der Waals surface area contributed by atoms with Crippen LogP contribution >= 0.6 is 27.3 Å². The minimum Gasteiger partial charge on any atom is -0.365 e. The number of halogens is 4. The Morgan fingerprint density at radius 1 is 1.19 bits per heavy atom. The highest BCUT2D eigenvalue weighted by molar-refractivity contribution is 9.10. The van der Waals surface area contributed by atoms with Crippen molar-refractivity contribution in [2.24, 2.45) is 12.8 Å². The number of pyridine rings is 1. The van der Waals surface area contributed by atoms with Crippen molar-refractivity contribution in [1.29, 1.82) is 0 Å². The summed E-state index contributed by atoms with van der Waals surface area (Å²) in [6.07, 6.45) is -3.30. The Morgan fingerprint density at radius 3 is 2.42 bits per heavy atom. The molecule has 0 atom stereocenters. The lowest BCUT2D eigenvalue weighted by Gasteiger charge is -2.12. The van der Waals surface area contributed by atoms with Gasteiger partial charge >= 0.3 is 6.18 Å². The van der Waals surface area contributed by atoms with Crippen LogP contribution in [0.25, 0.3) is 21.3 Å². The Kier molecular flexibility index (Phi) is 6.68. The minimum absolute atomic E-state index is 0.000735. The van der Waals surface area contributed by atoms with Crippen LogP contribution < -0.4 is 11.1 Å². The van der Waals surface area contributed by atoms with Gasteiger partial charge in [-0.05, 0) is 48.3 Å². The number of alkyl halides is 3. The number of rotatable bonds is 6. The quantitative estimate of drug-likeness (QED) is 0.340. The lowest BCUT2D eigenvalue weighted by Crippen LogP contribution is -2.18. The standard InChI is InChI=1S/C22H21BrF3N7O2S/c1-9-17(23)11(3)33(31-9)6-5-15(34)30-18-16-12(13-8-28-32(4)10(13)2)7-14(22(24,25)26)29-21(16)36-19(18)20(27)35/h7-8H,5-6H2,1-4H3,(H2,27,35)(H,30,34). The van der Waals surface area contributed by atoms with Crippen LogP contribution in [0, 0.1) is 20.8 Å². The largest absolute Gasteiger partial charge is 0.433 e. The van der Waals surface area contributed by atoms with Crippen molar-refractivity contribution < 1.29 is 22.8 Å². The summed E-state index contributed by atoms with van der Waals surface area (Å²) in [7, 11) is 1.66. The summed E-state index contributed by atoms with van der Waals surface area (Å²) in [6, 6.07) is 0.896. The Morgan fingerprint density at radius 2 is 1.89 bits per heavy atom. The van der Waals surface area contributed by atoms with Crippen LogP contribution in [0.3, 0.4) is 0 Å². The van der Waals surface area contributed by atoms with E-state index in [1.807, 2.05) is 13.8 Å². The number of primary amides is 1. The van der Waals surface area contributed by atoms with E-state index in [0.29, 0.717) is 22.6 Å². The molecule has 190 valence electrons. The van der Waals surface area contributed by atoms with E-state index in [9.17, 15) is 22.8 Å². The van der Waals surface area contributed by atoms with E-state index in [-0.39, 0.29) is 39.3 Å². The number of fused-ring (bicyclic) bond motifs is 1. The zero-order valence-electron chi connectivity index (χ0n) is 19.6. The molecule has 3 N–H and O–H groups in total. The lowest BCUT2D eigenvalue weighted by atomic mass is 10.0. The van der Waals surface area contributed by atoms with Crippen LogP contribution in [0.2, 0.25) is 0 Å². The fourth-order valence-electron chi connectivity index (χ4n) is 3.81. The van der Waals surface area contributed by atoms with Gasteiger partial charge in [0.2, 0.25) is 5.91 Å². The molecule has 0 aromatic carbocycles. The summed E-state index contributed by atoms with van der Waals surface area (Å²) in [6.45, 7) is 5.64. The van der Waals surface area contributed by atoms with Crippen LogP contribution in [0.15, 0.2) is 16.7 Å². The summed E-state index contributed by atoms with van der Waals surface area (Å²) in [5.41, 5.74) is 7.20. The number of amides is 2. The van der Waals surface area contributed by atoms with Crippen molar-refractivity contribution in [3.8, 4) is 11.1 Å². The fourth-order valence-corrected chi connectivity index (χ4v) is 5.11. The van der Waals surface area contributed by atoms with Gasteiger partial charge in [-0.15, -0.1) is 11.3 Å². The Labute approximate surface area is 215 Å². The third-order valence-corrected chi connectivity index (χ3v) is 8.06. The molecule has 0 aliphatic heterocycles. The number of nitrogens with one attached hydrogen (secondary N) is 1. The number of nitrogens with two attached hydrogens (primary N) is 1. The topological polar surface area (TPSA) is 121 Å². The second kappa shape index (κ2) is 9.32. The first-order valence-corrected chi connectivity index (χ1v) is 12.2. The smallest absolute Gasteiger partial charge is 0.365 e. The van der Waals surface area contributed by atoms with Crippen molar-refractivity contribution in [2.45, 2.75) is 39.9 Å². The van der Waals surface area contributed by atoms with Crippen molar-refractivity contribution in [1.82, 2.24) is 24.5 Å². The van der Waals surface area contributed by atoms with E-state index < -0.39 is 23.7 Å². The first-order valence-electron chi connectivity index (χ1n) is 10.6. The van der Waals surface area contributed by atoms with Crippen LogP contribution in [-0.2, 0) is 24.6 Å². The second-order valence-electron chi connectivity index (χ2n) is 8.18. The molecule has 0 fully saturated rings. The number of aromatic nitrogens is 5. The van der Waals surface area contributed by atoms with Crippen LogP contribution in [0.4, 0.5) is 18.9 Å². The van der Waals surface area contributed by atoms with Gasteiger partial charge in [0.15, 0.2) is 0 Å². The fraction of sp³-hybridized carbons (Fsp3) is 0.318. The molecule has 0 aliphatic carbocycles. The lowest BCUT2D eigenvalue weighted by molar-refractivity contribution is -0.140. The number of carbonyl (C=O) groups excluding carboxylic acids is 2. The average Bonchev–Trinajstić information content (AvgIpc) is 3.41. The third-order valence-electron chi connectivity index (χ3n) is 5.81. The highest BCUT2D eigenvalue weighted by Gasteiger charge is 2.35. The Bertz CT molecular complexity index is 1520. The number of hydrogen-bond acceptors (Lipinski definition) is 6. The molecule has 2 amide bonds. The predicted octanol–water partition coefficient (Wildman–Crippen LogP) is 4.73. The zero-order chi connectivity index (χ0) is 26.5. The van der Waals surface area contributed by atoms with Crippen molar-refractivity contribution >= 4 is 55.0 Å². The molecule has 4 aromatic rings. The summed E-state index contributed by atoms with van der Waals surface area (Å²) in [5.74, 6) is -1.35. The second-order valence-corrected chi connectivity index (χ2v) is 9.97. The summed E-state index contributed by atoms with van der Waals surface area (Å²) in [5, 5.41) is 11.4. The highest BCUT2D eigenvalue weighted by Crippen LogP contribution is 2.44. The molecule has 0 saturated carbocycles. The van der Waals surface area contributed by atoms with Gasteiger partial charge in [-0.25, -0.2) is 4.98 Å². The van der Waals surface area contributed by atoms with E-state index >= 15 is 0 Å². The van der Waals surface area contributed by atoms with Gasteiger partial charge in [-0.3, -0.25) is 19.0 Å². The highest BCUT2D eigenvalue weighted by atomic mass is 79.9. The van der Waals surface area contributed by atoms with Gasteiger partial charge < -0.3 is 11.1 Å². The molecule has 0 aliphatic rings. The Hall–Kier alpha value is -3.26. The molecule has 14 heteroatoms. The molecule has 4 heterocycles. The molecule has 4 aromatic heterocycles. The van der Waals surface area contributed by atoms with Gasteiger partial charge in [0.05, 0.1) is 28.6 Å². The van der Waals surface area contributed by atoms with Gasteiger partial charge in [0, 0.05) is 35.8 Å². The molecule has 0 spiro atoms. The van der Waals surface area contributed by atoms with Crippen molar-refractivity contribution in [3.05, 3.63) is 44.4 Å². The summed E-state index contributed by atoms with van der Waals surface area (Å²) in [4.78, 5) is 28.7. The minimum atomic E-state index is -4.73. The number of thiophene rings is 1. The molecule has 36 heavy (non-hydrogen) atoms. The third kappa shape index (κ3) is 4.62. The molecular formula is C22H21BrF3N7O2S. The Balaban J connectivity index is 1.82. The first-order chi connectivity index (χ1) is 16.8. The van der Waals surface area contributed by atoms with E-state index in [4.69, 9.17) is 5.73 Å². The molecule has 0 radical (unpaired) electrons. The zero-order valence-corrected chi connectivity index (χ0v) is 22.0. The number of carbonyl (C=O) groups is 2. The van der Waals surface area contributed by atoms with E-state index in [2.05, 4.69) is 36.4 Å². The van der Waals surface area contributed by atoms with Gasteiger partial charge in [-0.2, -0.15) is 23.4 Å². The van der Waals surface area contributed by atoms with Crippen LogP contribution in [0.5, 0.6) is 0 Å². The van der Waals surface area contributed by atoms with E-state index in [1.165, 1.54) is 10.9 Å². The monoisotopic (exact) mass is 583 g/mol. The van der Waals surface area contributed by atoms with Crippen LogP contribution in [-0.4, -0.2) is 36.4 Å². The maximum atomic E-state index is 13.7. The first kappa shape index (κ1) is 25.8. The molecular weight excluding hydrogens is 563 g/mol. The maximum absolute atomic E-state index is 13.7.